The van der Waals surface area contributed by atoms with Gasteiger partial charge in [-0.1, -0.05) is 25.8 Å². The van der Waals surface area contributed by atoms with Crippen LogP contribution in [0.1, 0.15) is 62.2 Å². The van der Waals surface area contributed by atoms with E-state index >= 15 is 0 Å². The predicted molar refractivity (Wildman–Crippen MR) is 97.9 cm³/mol. The Morgan fingerprint density at radius 2 is 1.92 bits per heavy atom. The fraction of sp³-hybridized carbons (Fsp3) is 0.632. The zero-order valence-electron chi connectivity index (χ0n) is 14.9. The summed E-state index contributed by atoms with van der Waals surface area (Å²) in [5.41, 5.74) is 0.461. The molecule has 0 saturated heterocycles. The third-order valence-electron chi connectivity index (χ3n) is 5.02. The third-order valence-corrected chi connectivity index (χ3v) is 6.54. The van der Waals surface area contributed by atoms with Crippen LogP contribution in [-0.4, -0.2) is 38.4 Å². The molecule has 0 heterocycles. The van der Waals surface area contributed by atoms with Crippen molar-refractivity contribution in [3.05, 3.63) is 29.8 Å². The molecule has 0 spiro atoms. The van der Waals surface area contributed by atoms with E-state index in [1.54, 1.807) is 18.2 Å². The summed E-state index contributed by atoms with van der Waals surface area (Å²) in [5, 5.41) is 0. The van der Waals surface area contributed by atoms with Crippen LogP contribution in [0, 0.1) is 5.92 Å². The highest BCUT2D eigenvalue weighted by Gasteiger charge is 2.28. The van der Waals surface area contributed by atoms with Gasteiger partial charge < -0.3 is 4.90 Å². The SMILES string of the molecule is CCCN(CC1CC1)C(=O)c1cccc(S(=O)(=O)NC2CCCC2)c1. The lowest BCUT2D eigenvalue weighted by molar-refractivity contribution is 0.0747. The van der Waals surface area contributed by atoms with E-state index in [0.717, 1.165) is 38.6 Å². The molecule has 2 fully saturated rings. The molecule has 2 aliphatic rings. The van der Waals surface area contributed by atoms with E-state index in [0.29, 0.717) is 18.0 Å². The van der Waals surface area contributed by atoms with Gasteiger partial charge >= 0.3 is 0 Å². The van der Waals surface area contributed by atoms with Crippen LogP contribution < -0.4 is 4.72 Å². The molecule has 2 aliphatic carbocycles. The van der Waals surface area contributed by atoms with Crippen molar-refractivity contribution < 1.29 is 13.2 Å². The highest BCUT2D eigenvalue weighted by molar-refractivity contribution is 7.89. The van der Waals surface area contributed by atoms with Crippen LogP contribution in [0.3, 0.4) is 0 Å². The Balaban J connectivity index is 1.75. The molecule has 0 aliphatic heterocycles. The van der Waals surface area contributed by atoms with Gasteiger partial charge in [-0.2, -0.15) is 0 Å². The second-order valence-corrected chi connectivity index (χ2v) is 9.04. The molecular formula is C19H28N2O3S. The fourth-order valence-electron chi connectivity index (χ4n) is 3.47. The van der Waals surface area contributed by atoms with Crippen LogP contribution in [0.4, 0.5) is 0 Å². The van der Waals surface area contributed by atoms with E-state index in [1.807, 2.05) is 4.90 Å². The Morgan fingerprint density at radius 1 is 1.20 bits per heavy atom. The first-order valence-electron chi connectivity index (χ1n) is 9.41. The Kier molecular flexibility index (Phi) is 5.79. The van der Waals surface area contributed by atoms with Gasteiger partial charge in [0.2, 0.25) is 10.0 Å². The van der Waals surface area contributed by atoms with Crippen molar-refractivity contribution in [2.75, 3.05) is 13.1 Å². The quantitative estimate of drug-likeness (QED) is 0.770. The van der Waals surface area contributed by atoms with Crippen molar-refractivity contribution in [1.29, 1.82) is 0 Å². The molecule has 25 heavy (non-hydrogen) atoms. The smallest absolute Gasteiger partial charge is 0.253 e. The van der Waals surface area contributed by atoms with Gasteiger partial charge in [0.05, 0.1) is 4.90 Å². The monoisotopic (exact) mass is 364 g/mol. The number of rotatable bonds is 8. The molecule has 138 valence electrons. The van der Waals surface area contributed by atoms with Crippen LogP contribution in [0.25, 0.3) is 0 Å². The largest absolute Gasteiger partial charge is 0.338 e. The first kappa shape index (κ1) is 18.4. The fourth-order valence-corrected chi connectivity index (χ4v) is 4.82. The van der Waals surface area contributed by atoms with Crippen LogP contribution in [-0.2, 0) is 10.0 Å². The number of nitrogens with one attached hydrogen (secondary N) is 1. The minimum atomic E-state index is -3.57. The minimum Gasteiger partial charge on any atom is -0.338 e. The van der Waals surface area contributed by atoms with E-state index in [1.165, 1.54) is 18.9 Å². The van der Waals surface area contributed by atoms with E-state index < -0.39 is 10.0 Å². The molecule has 3 rings (SSSR count). The molecule has 1 N–H and O–H groups in total. The van der Waals surface area contributed by atoms with Crippen molar-refractivity contribution in [2.45, 2.75) is 62.8 Å². The van der Waals surface area contributed by atoms with Crippen molar-refractivity contribution >= 4 is 15.9 Å². The lowest BCUT2D eigenvalue weighted by Gasteiger charge is -2.22. The van der Waals surface area contributed by atoms with Gasteiger partial charge in [0.15, 0.2) is 0 Å². The van der Waals surface area contributed by atoms with E-state index in [9.17, 15) is 13.2 Å². The van der Waals surface area contributed by atoms with Gasteiger partial charge in [0.1, 0.15) is 0 Å². The van der Waals surface area contributed by atoms with E-state index in [4.69, 9.17) is 0 Å². The van der Waals surface area contributed by atoms with Gasteiger partial charge in [-0.05, 0) is 56.2 Å². The second-order valence-electron chi connectivity index (χ2n) is 7.33. The number of benzene rings is 1. The molecule has 0 unspecified atom stereocenters. The molecule has 1 aromatic rings. The highest BCUT2D eigenvalue weighted by Crippen LogP contribution is 2.30. The summed E-state index contributed by atoms with van der Waals surface area (Å²) in [6.07, 6.45) is 7.20. The summed E-state index contributed by atoms with van der Waals surface area (Å²) < 4.78 is 28.0. The molecule has 6 heteroatoms. The molecule has 2 saturated carbocycles. The van der Waals surface area contributed by atoms with E-state index in [2.05, 4.69) is 11.6 Å². The number of nitrogens with zero attached hydrogens (tertiary/aromatic N) is 1. The maximum absolute atomic E-state index is 12.8. The molecule has 1 aromatic carbocycles. The first-order chi connectivity index (χ1) is 12.0. The summed E-state index contributed by atoms with van der Waals surface area (Å²) in [5.74, 6) is 0.554. The van der Waals surface area contributed by atoms with Crippen LogP contribution in [0.15, 0.2) is 29.2 Å². The standard InChI is InChI=1S/C19H28N2O3S/c1-2-12-21(14-15-10-11-15)19(22)16-6-5-9-18(13-16)25(23,24)20-17-7-3-4-8-17/h5-6,9,13,15,17,20H,2-4,7-8,10-12,14H2,1H3. The maximum atomic E-state index is 12.8. The molecule has 1 amide bonds. The topological polar surface area (TPSA) is 66.5 Å². The average molecular weight is 365 g/mol. The van der Waals surface area contributed by atoms with E-state index in [-0.39, 0.29) is 16.8 Å². The lowest BCUT2D eigenvalue weighted by Crippen LogP contribution is -2.34. The molecule has 0 bridgehead atoms. The second kappa shape index (κ2) is 7.87. The van der Waals surface area contributed by atoms with Crippen molar-refractivity contribution in [3.63, 3.8) is 0 Å². The van der Waals surface area contributed by atoms with Gasteiger partial charge in [0, 0.05) is 24.7 Å². The van der Waals surface area contributed by atoms with Crippen LogP contribution >= 0.6 is 0 Å². The molecule has 0 atom stereocenters. The predicted octanol–water partition coefficient (Wildman–Crippen LogP) is 3.17. The first-order valence-corrected chi connectivity index (χ1v) is 10.9. The molecule has 5 nitrogen and oxygen atoms in total. The minimum absolute atomic E-state index is 0.0239. The van der Waals surface area contributed by atoms with Crippen molar-refractivity contribution in [2.24, 2.45) is 5.92 Å². The van der Waals surface area contributed by atoms with Crippen LogP contribution in [0.5, 0.6) is 0 Å². The Bertz CT molecular complexity index is 707. The van der Waals surface area contributed by atoms with Gasteiger partial charge in [0.25, 0.3) is 5.91 Å². The highest BCUT2D eigenvalue weighted by atomic mass is 32.2. The number of hydrogen-bond donors (Lipinski definition) is 1. The summed E-state index contributed by atoms with van der Waals surface area (Å²) >= 11 is 0. The normalized spacial score (nSPS) is 18.4. The Labute approximate surface area is 150 Å². The Hall–Kier alpha value is -1.40. The Morgan fingerprint density at radius 3 is 2.56 bits per heavy atom. The molecular weight excluding hydrogens is 336 g/mol. The van der Waals surface area contributed by atoms with Gasteiger partial charge in [-0.25, -0.2) is 13.1 Å². The number of carbonyl (C=O) groups is 1. The zero-order valence-corrected chi connectivity index (χ0v) is 15.7. The van der Waals surface area contributed by atoms with Crippen molar-refractivity contribution in [3.8, 4) is 0 Å². The lowest BCUT2D eigenvalue weighted by atomic mass is 10.2. The van der Waals surface area contributed by atoms with Gasteiger partial charge in [-0.3, -0.25) is 4.79 Å². The summed E-state index contributed by atoms with van der Waals surface area (Å²) in [6, 6.07) is 6.49. The summed E-state index contributed by atoms with van der Waals surface area (Å²) in [6.45, 7) is 3.55. The molecule has 0 radical (unpaired) electrons. The third kappa shape index (κ3) is 4.82. The molecule has 0 aromatic heterocycles. The van der Waals surface area contributed by atoms with Gasteiger partial charge in [-0.15, -0.1) is 0 Å². The van der Waals surface area contributed by atoms with Crippen molar-refractivity contribution in [1.82, 2.24) is 9.62 Å². The zero-order chi connectivity index (χ0) is 17.9. The summed E-state index contributed by atoms with van der Waals surface area (Å²) in [7, 11) is -3.57. The number of sulfonamides is 1. The number of amides is 1. The maximum Gasteiger partial charge on any atom is 0.253 e. The summed E-state index contributed by atoms with van der Waals surface area (Å²) in [4.78, 5) is 14.9. The number of carbonyl (C=O) groups excluding carboxylic acids is 1. The van der Waals surface area contributed by atoms with Crippen LogP contribution in [0.2, 0.25) is 0 Å². The average Bonchev–Trinajstić information content (AvgIpc) is 3.28. The number of hydrogen-bond acceptors (Lipinski definition) is 3.